The molecule has 0 aromatic carbocycles. The van der Waals surface area contributed by atoms with Crippen LogP contribution in [0.25, 0.3) is 0 Å². The molecule has 1 heterocycles. The smallest absolute Gasteiger partial charge is 0.251 e. The SMILES string of the molecule is CNCCN(C)C(=O)[C@H]1CCCO1. The third-order valence-corrected chi connectivity index (χ3v) is 2.28. The Morgan fingerprint density at radius 1 is 1.69 bits per heavy atom. The molecule has 1 amide bonds. The first-order valence-corrected chi connectivity index (χ1v) is 4.77. The summed E-state index contributed by atoms with van der Waals surface area (Å²) in [6.45, 7) is 2.31. The van der Waals surface area contributed by atoms with Crippen LogP contribution >= 0.6 is 0 Å². The van der Waals surface area contributed by atoms with Crippen molar-refractivity contribution in [2.45, 2.75) is 18.9 Å². The molecule has 1 fully saturated rings. The Bertz CT molecular complexity index is 167. The second kappa shape index (κ2) is 5.19. The predicted molar refractivity (Wildman–Crippen MR) is 50.5 cm³/mol. The van der Waals surface area contributed by atoms with E-state index in [4.69, 9.17) is 4.74 Å². The number of amides is 1. The summed E-state index contributed by atoms with van der Waals surface area (Å²) < 4.78 is 5.30. The van der Waals surface area contributed by atoms with Gasteiger partial charge in [0.05, 0.1) is 0 Å². The zero-order chi connectivity index (χ0) is 9.68. The van der Waals surface area contributed by atoms with Gasteiger partial charge in [0.15, 0.2) is 0 Å². The molecule has 0 unspecified atom stereocenters. The van der Waals surface area contributed by atoms with Gasteiger partial charge in [-0.3, -0.25) is 4.79 Å². The van der Waals surface area contributed by atoms with Gasteiger partial charge in [-0.1, -0.05) is 0 Å². The number of ether oxygens (including phenoxy) is 1. The van der Waals surface area contributed by atoms with Crippen molar-refractivity contribution in [2.24, 2.45) is 0 Å². The summed E-state index contributed by atoms with van der Waals surface area (Å²) in [6.07, 6.45) is 1.71. The van der Waals surface area contributed by atoms with E-state index in [0.29, 0.717) is 0 Å². The Labute approximate surface area is 79.2 Å². The molecule has 1 aliphatic heterocycles. The molecule has 1 N–H and O–H groups in total. The van der Waals surface area contributed by atoms with Gasteiger partial charge in [-0.2, -0.15) is 0 Å². The molecule has 76 valence electrons. The van der Waals surface area contributed by atoms with E-state index in [1.165, 1.54) is 0 Å². The molecule has 1 atom stereocenters. The van der Waals surface area contributed by atoms with Crippen molar-refractivity contribution in [3.8, 4) is 0 Å². The van der Waals surface area contributed by atoms with Gasteiger partial charge < -0.3 is 15.0 Å². The molecule has 4 nitrogen and oxygen atoms in total. The molecule has 13 heavy (non-hydrogen) atoms. The molecule has 1 rings (SSSR count). The van der Waals surface area contributed by atoms with Crippen LogP contribution in [0.15, 0.2) is 0 Å². The van der Waals surface area contributed by atoms with Crippen LogP contribution in [0.2, 0.25) is 0 Å². The predicted octanol–water partition coefficient (Wildman–Crippen LogP) is -0.157. The van der Waals surface area contributed by atoms with Crippen LogP contribution in [0, 0.1) is 0 Å². The lowest BCUT2D eigenvalue weighted by molar-refractivity contribution is -0.139. The summed E-state index contributed by atoms with van der Waals surface area (Å²) in [5.41, 5.74) is 0. The zero-order valence-electron chi connectivity index (χ0n) is 8.38. The number of carbonyl (C=O) groups excluding carboxylic acids is 1. The Hall–Kier alpha value is -0.610. The third-order valence-electron chi connectivity index (χ3n) is 2.28. The first-order chi connectivity index (χ1) is 6.25. The second-order valence-electron chi connectivity index (χ2n) is 3.37. The average Bonchev–Trinajstić information content (AvgIpc) is 2.65. The first kappa shape index (κ1) is 10.5. The lowest BCUT2D eigenvalue weighted by Gasteiger charge is -2.20. The minimum Gasteiger partial charge on any atom is -0.368 e. The number of carbonyl (C=O) groups is 1. The van der Waals surface area contributed by atoms with E-state index in [-0.39, 0.29) is 12.0 Å². The van der Waals surface area contributed by atoms with E-state index >= 15 is 0 Å². The number of nitrogens with one attached hydrogen (secondary N) is 1. The Balaban J connectivity index is 2.28. The lowest BCUT2D eigenvalue weighted by Crippen LogP contribution is -2.39. The standard InChI is InChI=1S/C9H18N2O2/c1-10-5-6-11(2)9(12)8-4-3-7-13-8/h8,10H,3-7H2,1-2H3/t8-/m1/s1. The molecule has 0 saturated carbocycles. The van der Waals surface area contributed by atoms with Crippen LogP contribution in [0.5, 0.6) is 0 Å². The largest absolute Gasteiger partial charge is 0.368 e. The highest BCUT2D eigenvalue weighted by molar-refractivity contribution is 5.80. The highest BCUT2D eigenvalue weighted by Gasteiger charge is 2.25. The van der Waals surface area contributed by atoms with Crippen molar-refractivity contribution in [1.82, 2.24) is 10.2 Å². The number of hydrogen-bond donors (Lipinski definition) is 1. The Morgan fingerprint density at radius 2 is 2.46 bits per heavy atom. The normalized spacial score (nSPS) is 21.8. The van der Waals surface area contributed by atoms with Crippen LogP contribution in [-0.2, 0) is 9.53 Å². The fraction of sp³-hybridized carbons (Fsp3) is 0.889. The van der Waals surface area contributed by atoms with Gasteiger partial charge in [0.2, 0.25) is 0 Å². The quantitative estimate of drug-likeness (QED) is 0.663. The molecule has 4 heteroatoms. The Kier molecular flexibility index (Phi) is 4.18. The lowest BCUT2D eigenvalue weighted by atomic mass is 10.2. The van der Waals surface area contributed by atoms with E-state index in [1.807, 2.05) is 14.1 Å². The summed E-state index contributed by atoms with van der Waals surface area (Å²) in [6, 6.07) is 0. The van der Waals surface area contributed by atoms with E-state index in [9.17, 15) is 4.79 Å². The highest BCUT2D eigenvalue weighted by atomic mass is 16.5. The van der Waals surface area contributed by atoms with Gasteiger partial charge in [0.25, 0.3) is 5.91 Å². The number of nitrogens with zero attached hydrogens (tertiary/aromatic N) is 1. The molecule has 1 saturated heterocycles. The molecule has 0 aromatic rings. The van der Waals surface area contributed by atoms with E-state index < -0.39 is 0 Å². The van der Waals surface area contributed by atoms with E-state index in [2.05, 4.69) is 5.32 Å². The van der Waals surface area contributed by atoms with Gasteiger partial charge in [-0.05, 0) is 19.9 Å². The average molecular weight is 186 g/mol. The minimum absolute atomic E-state index is 0.118. The van der Waals surface area contributed by atoms with Gasteiger partial charge in [-0.25, -0.2) is 0 Å². The van der Waals surface area contributed by atoms with Crippen molar-refractivity contribution in [1.29, 1.82) is 0 Å². The van der Waals surface area contributed by atoms with Crippen LogP contribution in [0.3, 0.4) is 0 Å². The fourth-order valence-electron chi connectivity index (χ4n) is 1.41. The zero-order valence-corrected chi connectivity index (χ0v) is 8.38. The van der Waals surface area contributed by atoms with Crippen LogP contribution in [0.4, 0.5) is 0 Å². The third kappa shape index (κ3) is 2.97. The van der Waals surface area contributed by atoms with Crippen molar-refractivity contribution >= 4 is 5.91 Å². The summed E-state index contributed by atoms with van der Waals surface area (Å²) in [7, 11) is 3.70. The molecule has 1 aliphatic rings. The van der Waals surface area contributed by atoms with Crippen molar-refractivity contribution < 1.29 is 9.53 Å². The first-order valence-electron chi connectivity index (χ1n) is 4.77. The molecule has 0 spiro atoms. The topological polar surface area (TPSA) is 41.6 Å². The molecule has 0 bridgehead atoms. The van der Waals surface area contributed by atoms with Crippen molar-refractivity contribution in [2.75, 3.05) is 33.8 Å². The maximum absolute atomic E-state index is 11.6. The molecule has 0 radical (unpaired) electrons. The van der Waals surface area contributed by atoms with Crippen LogP contribution in [-0.4, -0.2) is 50.7 Å². The number of hydrogen-bond acceptors (Lipinski definition) is 3. The minimum atomic E-state index is -0.179. The highest BCUT2D eigenvalue weighted by Crippen LogP contribution is 2.13. The number of likely N-dealkylation sites (N-methyl/N-ethyl adjacent to an activating group) is 2. The van der Waals surface area contributed by atoms with Crippen molar-refractivity contribution in [3.05, 3.63) is 0 Å². The maximum atomic E-state index is 11.6. The Morgan fingerprint density at radius 3 is 3.00 bits per heavy atom. The monoisotopic (exact) mass is 186 g/mol. The molecular weight excluding hydrogens is 168 g/mol. The molecular formula is C9H18N2O2. The van der Waals surface area contributed by atoms with Gasteiger partial charge in [0.1, 0.15) is 6.10 Å². The molecule has 0 aliphatic carbocycles. The van der Waals surface area contributed by atoms with Gasteiger partial charge in [0, 0.05) is 26.7 Å². The van der Waals surface area contributed by atoms with Crippen LogP contribution in [0.1, 0.15) is 12.8 Å². The maximum Gasteiger partial charge on any atom is 0.251 e. The van der Waals surface area contributed by atoms with Gasteiger partial charge >= 0.3 is 0 Å². The second-order valence-corrected chi connectivity index (χ2v) is 3.37. The van der Waals surface area contributed by atoms with Gasteiger partial charge in [-0.15, -0.1) is 0 Å². The summed E-state index contributed by atoms with van der Waals surface area (Å²) in [5, 5.41) is 3.01. The number of rotatable bonds is 4. The van der Waals surface area contributed by atoms with Crippen LogP contribution < -0.4 is 5.32 Å². The van der Waals surface area contributed by atoms with Crippen molar-refractivity contribution in [3.63, 3.8) is 0 Å². The van der Waals surface area contributed by atoms with E-state index in [1.54, 1.807) is 4.90 Å². The summed E-state index contributed by atoms with van der Waals surface area (Å²) >= 11 is 0. The van der Waals surface area contributed by atoms with E-state index in [0.717, 1.165) is 32.5 Å². The molecule has 0 aromatic heterocycles. The fourth-order valence-corrected chi connectivity index (χ4v) is 1.41. The summed E-state index contributed by atoms with van der Waals surface area (Å²) in [5.74, 6) is 0.118. The summed E-state index contributed by atoms with van der Waals surface area (Å²) in [4.78, 5) is 13.4.